The average molecular weight is 1150 g/mol. The molecule has 0 heterocycles. The number of amides is 1. The molecule has 0 aliphatic carbocycles. The molecular formula is C71H124N2O7P+. The third-order valence-corrected chi connectivity index (χ3v) is 14.9. The van der Waals surface area contributed by atoms with Crippen molar-refractivity contribution in [2.75, 3.05) is 40.9 Å². The number of nitrogens with zero attached hydrogens (tertiary/aromatic N) is 1. The Morgan fingerprint density at radius 2 is 0.790 bits per heavy atom. The van der Waals surface area contributed by atoms with Gasteiger partial charge < -0.3 is 19.4 Å². The molecule has 0 aromatic heterocycles. The number of hydrogen-bond acceptors (Lipinski definition) is 6. The third-order valence-electron chi connectivity index (χ3n) is 13.9. The highest BCUT2D eigenvalue weighted by Gasteiger charge is 2.30. The molecule has 0 fully saturated rings. The largest absolute Gasteiger partial charge is 0.472 e. The second-order valence-corrected chi connectivity index (χ2v) is 24.4. The molecule has 0 saturated carbocycles. The Balaban J connectivity index is 5.22. The normalized spacial score (nSPS) is 14.4. The van der Waals surface area contributed by atoms with Crippen molar-refractivity contribution >= 4 is 19.7 Å². The number of allylic oxidation sites excluding steroid dienone is 19. The minimum absolute atomic E-state index is 0.0279. The molecule has 0 aliphatic rings. The summed E-state index contributed by atoms with van der Waals surface area (Å²) < 4.78 is 30.7. The number of phosphoric acid groups is 1. The highest BCUT2D eigenvalue weighted by Crippen LogP contribution is 2.43. The molecule has 0 aromatic carbocycles. The van der Waals surface area contributed by atoms with Crippen LogP contribution in [0.5, 0.6) is 0 Å². The van der Waals surface area contributed by atoms with Crippen LogP contribution in [0, 0.1) is 0 Å². The maximum atomic E-state index is 13.6. The topological polar surface area (TPSA) is 111 Å². The molecule has 10 heteroatoms. The van der Waals surface area contributed by atoms with Crippen molar-refractivity contribution in [3.63, 3.8) is 0 Å². The van der Waals surface area contributed by atoms with E-state index in [0.29, 0.717) is 23.9 Å². The number of quaternary nitrogens is 1. The van der Waals surface area contributed by atoms with Crippen molar-refractivity contribution in [1.82, 2.24) is 5.32 Å². The number of carbonyl (C=O) groups excluding carboxylic acids is 2. The van der Waals surface area contributed by atoms with E-state index in [0.717, 1.165) is 135 Å². The second kappa shape index (κ2) is 59.6. The van der Waals surface area contributed by atoms with Gasteiger partial charge in [0, 0.05) is 12.8 Å². The third kappa shape index (κ3) is 60.8. The highest BCUT2D eigenvalue weighted by molar-refractivity contribution is 7.47. The summed E-state index contributed by atoms with van der Waals surface area (Å²) in [4.78, 5) is 37.8. The molecular weight excluding hydrogens is 1020 g/mol. The summed E-state index contributed by atoms with van der Waals surface area (Å²) in [5, 5.41) is 3.05. The second-order valence-electron chi connectivity index (χ2n) is 22.9. The van der Waals surface area contributed by atoms with Crippen LogP contribution in [0.15, 0.2) is 122 Å². The van der Waals surface area contributed by atoms with Crippen molar-refractivity contribution in [3.8, 4) is 0 Å². The lowest BCUT2D eigenvalue weighted by atomic mass is 10.1. The van der Waals surface area contributed by atoms with Crippen LogP contribution in [0.2, 0.25) is 0 Å². The first kappa shape index (κ1) is 77.4. The molecule has 0 radical (unpaired) electrons. The first-order valence-corrected chi connectivity index (χ1v) is 34.4. The van der Waals surface area contributed by atoms with E-state index in [1.807, 2.05) is 33.3 Å². The summed E-state index contributed by atoms with van der Waals surface area (Å²) in [6, 6.07) is -0.871. The summed E-state index contributed by atoms with van der Waals surface area (Å²) in [5.41, 5.74) is 0. The SMILES string of the molecule is CC/C=C\C/C=C\C/C=C\C/C=C\C/C=C\CCCCCCCC(=O)OC(/C=C/CCCCCCCCCCC)C(COP(=O)(O)OCC[N+](C)(C)C)NC(=O)CCCCCCCCC/C=C\C/C=C\C/C=C\C/C=C\CCCCC. The number of carbonyl (C=O) groups is 2. The number of esters is 1. The number of hydrogen-bond donors (Lipinski definition) is 2. The summed E-state index contributed by atoms with van der Waals surface area (Å²) in [6.07, 6.45) is 83.4. The first-order valence-electron chi connectivity index (χ1n) is 32.9. The van der Waals surface area contributed by atoms with Crippen LogP contribution in [-0.2, 0) is 27.9 Å². The molecule has 81 heavy (non-hydrogen) atoms. The van der Waals surface area contributed by atoms with E-state index < -0.39 is 20.0 Å². The Labute approximate surface area is 499 Å². The smallest absolute Gasteiger partial charge is 0.456 e. The zero-order chi connectivity index (χ0) is 59.3. The van der Waals surface area contributed by atoms with Gasteiger partial charge in [0.15, 0.2) is 0 Å². The van der Waals surface area contributed by atoms with Gasteiger partial charge in [-0.3, -0.25) is 18.6 Å². The molecule has 1 amide bonds. The predicted molar refractivity (Wildman–Crippen MR) is 350 cm³/mol. The summed E-state index contributed by atoms with van der Waals surface area (Å²) >= 11 is 0. The zero-order valence-electron chi connectivity index (χ0n) is 53.0. The number of likely N-dealkylation sites (N-methyl/N-ethyl adjacent to an activating group) is 1. The number of rotatable bonds is 58. The van der Waals surface area contributed by atoms with E-state index in [2.05, 4.69) is 135 Å². The van der Waals surface area contributed by atoms with Crippen LogP contribution in [0.4, 0.5) is 0 Å². The monoisotopic (exact) mass is 1150 g/mol. The Kier molecular flexibility index (Phi) is 56.9. The average Bonchev–Trinajstić information content (AvgIpc) is 3.43. The van der Waals surface area contributed by atoms with Gasteiger partial charge in [0.25, 0.3) is 0 Å². The number of nitrogens with one attached hydrogen (secondary N) is 1. The van der Waals surface area contributed by atoms with E-state index in [4.69, 9.17) is 13.8 Å². The van der Waals surface area contributed by atoms with Gasteiger partial charge in [-0.1, -0.05) is 252 Å². The maximum absolute atomic E-state index is 13.6. The van der Waals surface area contributed by atoms with Crippen LogP contribution < -0.4 is 5.32 Å². The Hall–Kier alpha value is -3.59. The lowest BCUT2D eigenvalue weighted by Crippen LogP contribution is -2.47. The zero-order valence-corrected chi connectivity index (χ0v) is 53.9. The molecule has 464 valence electrons. The van der Waals surface area contributed by atoms with Gasteiger partial charge in [0.1, 0.15) is 19.3 Å². The highest BCUT2D eigenvalue weighted by atomic mass is 31.2. The summed E-state index contributed by atoms with van der Waals surface area (Å²) in [5.74, 6) is -0.546. The van der Waals surface area contributed by atoms with E-state index >= 15 is 0 Å². The van der Waals surface area contributed by atoms with E-state index in [1.54, 1.807) is 0 Å². The van der Waals surface area contributed by atoms with E-state index in [1.165, 1.54) is 89.9 Å². The van der Waals surface area contributed by atoms with Gasteiger partial charge >= 0.3 is 13.8 Å². The molecule has 9 nitrogen and oxygen atoms in total. The summed E-state index contributed by atoms with van der Waals surface area (Å²) in [6.45, 7) is 6.84. The lowest BCUT2D eigenvalue weighted by molar-refractivity contribution is -0.870. The van der Waals surface area contributed by atoms with Crippen molar-refractivity contribution in [2.24, 2.45) is 0 Å². The Morgan fingerprint density at radius 3 is 1.21 bits per heavy atom. The van der Waals surface area contributed by atoms with Crippen molar-refractivity contribution in [2.45, 2.75) is 277 Å². The van der Waals surface area contributed by atoms with Crippen LogP contribution in [0.1, 0.15) is 265 Å². The van der Waals surface area contributed by atoms with E-state index in [-0.39, 0.29) is 31.5 Å². The van der Waals surface area contributed by atoms with Crippen LogP contribution in [0.3, 0.4) is 0 Å². The van der Waals surface area contributed by atoms with Gasteiger partial charge in [0.05, 0.1) is 33.8 Å². The molecule has 0 bridgehead atoms. The Morgan fingerprint density at radius 1 is 0.444 bits per heavy atom. The maximum Gasteiger partial charge on any atom is 0.472 e. The van der Waals surface area contributed by atoms with Crippen LogP contribution >= 0.6 is 7.82 Å². The quantitative estimate of drug-likeness (QED) is 0.0205. The molecule has 0 rings (SSSR count). The van der Waals surface area contributed by atoms with Crippen LogP contribution in [-0.4, -0.2) is 74.3 Å². The van der Waals surface area contributed by atoms with Gasteiger partial charge in [-0.2, -0.15) is 0 Å². The molecule has 3 unspecified atom stereocenters. The minimum atomic E-state index is -4.47. The molecule has 0 aliphatic heterocycles. The molecule has 0 aromatic rings. The van der Waals surface area contributed by atoms with Gasteiger partial charge in [0.2, 0.25) is 5.91 Å². The lowest BCUT2D eigenvalue weighted by Gasteiger charge is -2.27. The predicted octanol–water partition coefficient (Wildman–Crippen LogP) is 20.7. The van der Waals surface area contributed by atoms with Crippen LogP contribution in [0.25, 0.3) is 0 Å². The summed E-state index contributed by atoms with van der Waals surface area (Å²) in [7, 11) is 1.46. The van der Waals surface area contributed by atoms with Gasteiger partial charge in [-0.25, -0.2) is 4.57 Å². The number of ether oxygens (including phenoxy) is 1. The fraction of sp³-hybridized carbons (Fsp3) is 0.690. The van der Waals surface area contributed by atoms with Crippen molar-refractivity contribution in [3.05, 3.63) is 122 Å². The molecule has 0 spiro atoms. The molecule has 2 N–H and O–H groups in total. The van der Waals surface area contributed by atoms with Gasteiger partial charge in [-0.05, 0) is 122 Å². The molecule has 3 atom stereocenters. The van der Waals surface area contributed by atoms with Gasteiger partial charge in [-0.15, -0.1) is 0 Å². The fourth-order valence-corrected chi connectivity index (χ4v) is 9.57. The number of unbranched alkanes of at least 4 members (excludes halogenated alkanes) is 24. The van der Waals surface area contributed by atoms with Crippen molar-refractivity contribution < 1.29 is 37.3 Å². The molecule has 0 saturated heterocycles. The van der Waals surface area contributed by atoms with E-state index in [9.17, 15) is 19.0 Å². The van der Waals surface area contributed by atoms with Crippen molar-refractivity contribution in [1.29, 1.82) is 0 Å². The fourth-order valence-electron chi connectivity index (χ4n) is 8.83. The minimum Gasteiger partial charge on any atom is -0.456 e. The number of phosphoric ester groups is 1. The Bertz CT molecular complexity index is 1800. The standard InChI is InChI=1S/C71H123N2O7P/c1-7-10-13-16-19-22-25-27-29-31-33-35-36-38-39-41-43-45-48-51-54-57-60-63-70(74)72-68(67-79-81(76,77)78-66-65-73(4,5)6)69(62-59-56-53-50-47-24-21-18-15-12-9-3)80-71(75)64-61-58-55-52-49-46-44-42-40-37-34-32-30-28-26-23-20-17-14-11-8-2/h11,14,19-20,22-23,27-30,33-35,37-39,42,44,59,62,68-69H,7-10,12-13,15-18,21,24-26,31-32,36,40-41,43,45-58,60-61,63-67H2,1-6H3,(H-,72,74,76,77)/p+1/b14-11-,22-19-,23-20-,29-27-,30-28-,35-33-,37-34-,39-38-,44-42-,62-59+. The first-order chi connectivity index (χ1) is 39.4.